The van der Waals surface area contributed by atoms with Crippen molar-refractivity contribution in [1.29, 1.82) is 0 Å². The van der Waals surface area contributed by atoms with E-state index >= 15 is 0 Å². The molecule has 3 aromatic carbocycles. The zero-order valence-electron chi connectivity index (χ0n) is 19.0. The van der Waals surface area contributed by atoms with E-state index in [1.165, 1.54) is 19.1 Å². The minimum absolute atomic E-state index is 0.0847. The van der Waals surface area contributed by atoms with Gasteiger partial charge in [0, 0.05) is 6.07 Å². The van der Waals surface area contributed by atoms with Gasteiger partial charge in [-0.2, -0.15) is 22.0 Å². The van der Waals surface area contributed by atoms with Gasteiger partial charge in [0.15, 0.2) is 0 Å². The van der Waals surface area contributed by atoms with Crippen LogP contribution in [-0.4, -0.2) is 35.5 Å². The van der Waals surface area contributed by atoms with Crippen LogP contribution in [0.25, 0.3) is 0 Å². The van der Waals surface area contributed by atoms with Crippen molar-refractivity contribution >= 4 is 25.6 Å². The Morgan fingerprint density at radius 3 is 2.00 bits per heavy atom. The first-order valence-electron chi connectivity index (χ1n) is 10.4. The molecule has 1 N–H and O–H groups in total. The predicted octanol–water partition coefficient (Wildman–Crippen LogP) is 4.83. The van der Waals surface area contributed by atoms with E-state index in [1.807, 2.05) is 0 Å². The highest BCUT2D eigenvalue weighted by atomic mass is 32.2. The molecule has 0 heterocycles. The number of alkyl halides is 5. The molecule has 1 atom stereocenters. The second-order valence-corrected chi connectivity index (χ2v) is 11.5. The summed E-state index contributed by atoms with van der Waals surface area (Å²) in [5, 5.41) is 1.70. The molecule has 15 heteroatoms. The topological polar surface area (TPSA) is 107 Å². The van der Waals surface area contributed by atoms with E-state index in [-0.39, 0.29) is 5.56 Å². The van der Waals surface area contributed by atoms with Crippen molar-refractivity contribution in [1.82, 2.24) is 5.32 Å². The SMILES string of the molecule is C[C@H](NC(=O)C(F)(F)F)c1ccc(S(=O)(=O)c2ccc(OC(F)F)cc2S(=O)(=O)c2ccccc2F)cc1. The lowest BCUT2D eigenvalue weighted by atomic mass is 10.1. The summed E-state index contributed by atoms with van der Waals surface area (Å²) in [7, 11) is -9.65. The van der Waals surface area contributed by atoms with Gasteiger partial charge in [-0.1, -0.05) is 24.3 Å². The highest BCUT2D eigenvalue weighted by Crippen LogP contribution is 2.35. The van der Waals surface area contributed by atoms with Crippen LogP contribution in [0, 0.1) is 5.82 Å². The summed E-state index contributed by atoms with van der Waals surface area (Å²) in [5.41, 5.74) is 0.0847. The standard InChI is InChI=1S/C23H17F6NO6S2/c1-13(30-21(31)23(27,28)29)14-6-9-16(10-7-14)37(32,33)19-11-8-15(36-22(25)26)12-20(19)38(34,35)18-5-3-2-4-17(18)24/h2-13,22H,1H3,(H,30,31)/t13-/m0/s1. The molecule has 0 radical (unpaired) electrons. The molecule has 0 saturated carbocycles. The maximum Gasteiger partial charge on any atom is 0.471 e. The number of ether oxygens (including phenoxy) is 1. The van der Waals surface area contributed by atoms with Gasteiger partial charge in [0.1, 0.15) is 16.5 Å². The fourth-order valence-corrected chi connectivity index (χ4v) is 6.70. The van der Waals surface area contributed by atoms with Crippen LogP contribution in [-0.2, 0) is 24.5 Å². The number of hydrogen-bond donors (Lipinski definition) is 1. The molecule has 0 aliphatic heterocycles. The van der Waals surface area contributed by atoms with Gasteiger partial charge in [0.2, 0.25) is 19.7 Å². The van der Waals surface area contributed by atoms with Crippen LogP contribution in [0.1, 0.15) is 18.5 Å². The lowest BCUT2D eigenvalue weighted by Gasteiger charge is -2.17. The summed E-state index contributed by atoms with van der Waals surface area (Å²) in [6, 6.07) is 8.90. The lowest BCUT2D eigenvalue weighted by Crippen LogP contribution is -2.38. The van der Waals surface area contributed by atoms with Gasteiger partial charge in [-0.25, -0.2) is 21.2 Å². The minimum Gasteiger partial charge on any atom is -0.435 e. The van der Waals surface area contributed by atoms with Crippen molar-refractivity contribution in [2.45, 2.75) is 45.3 Å². The highest BCUT2D eigenvalue weighted by Gasteiger charge is 2.39. The van der Waals surface area contributed by atoms with Crippen molar-refractivity contribution in [3.05, 3.63) is 78.1 Å². The summed E-state index contributed by atoms with van der Waals surface area (Å²) in [5.74, 6) is -4.15. The fourth-order valence-electron chi connectivity index (χ4n) is 3.30. The molecule has 1 amide bonds. The van der Waals surface area contributed by atoms with Crippen molar-refractivity contribution in [2.24, 2.45) is 0 Å². The van der Waals surface area contributed by atoms with Gasteiger partial charge >= 0.3 is 18.7 Å². The molecule has 0 aromatic heterocycles. The third-order valence-corrected chi connectivity index (χ3v) is 8.92. The van der Waals surface area contributed by atoms with Gasteiger partial charge in [0.05, 0.1) is 20.7 Å². The summed E-state index contributed by atoms with van der Waals surface area (Å²) in [4.78, 5) is 7.77. The van der Waals surface area contributed by atoms with Crippen molar-refractivity contribution in [3.63, 3.8) is 0 Å². The van der Waals surface area contributed by atoms with E-state index in [0.29, 0.717) is 12.1 Å². The van der Waals surface area contributed by atoms with Crippen molar-refractivity contribution < 1.29 is 52.7 Å². The molecule has 204 valence electrons. The Balaban J connectivity index is 2.09. The number of benzene rings is 3. The number of nitrogens with one attached hydrogen (secondary N) is 1. The Labute approximate surface area is 212 Å². The number of amides is 1. The molecule has 7 nitrogen and oxygen atoms in total. The third-order valence-electron chi connectivity index (χ3n) is 5.14. The normalized spacial score (nSPS) is 13.3. The number of carbonyl (C=O) groups excluding carboxylic acids is 1. The van der Waals surface area contributed by atoms with Gasteiger partial charge in [-0.15, -0.1) is 0 Å². The molecule has 3 rings (SSSR count). The van der Waals surface area contributed by atoms with Crippen LogP contribution >= 0.6 is 0 Å². The van der Waals surface area contributed by atoms with Crippen LogP contribution in [0.3, 0.4) is 0 Å². The second kappa shape index (κ2) is 10.6. The van der Waals surface area contributed by atoms with E-state index in [4.69, 9.17) is 0 Å². The van der Waals surface area contributed by atoms with E-state index in [0.717, 1.165) is 42.5 Å². The molecule has 38 heavy (non-hydrogen) atoms. The average molecular weight is 582 g/mol. The van der Waals surface area contributed by atoms with Gasteiger partial charge < -0.3 is 10.1 Å². The highest BCUT2D eigenvalue weighted by molar-refractivity contribution is 7.94. The van der Waals surface area contributed by atoms with Crippen molar-refractivity contribution in [2.75, 3.05) is 0 Å². The number of carbonyl (C=O) groups is 1. The second-order valence-electron chi connectivity index (χ2n) is 7.69. The van der Waals surface area contributed by atoms with E-state index in [2.05, 4.69) is 4.74 Å². The molecule has 0 fully saturated rings. The maximum absolute atomic E-state index is 14.3. The summed E-state index contributed by atoms with van der Waals surface area (Å²) in [6.07, 6.45) is -5.14. The number of sulfone groups is 2. The van der Waals surface area contributed by atoms with Crippen LogP contribution in [0.5, 0.6) is 5.75 Å². The molecule has 0 unspecified atom stereocenters. The molecular weight excluding hydrogens is 564 g/mol. The molecular formula is C23H17F6NO6S2. The summed E-state index contributed by atoms with van der Waals surface area (Å²) < 4.78 is 135. The van der Waals surface area contributed by atoms with E-state index < -0.39 is 75.6 Å². The molecule has 0 spiro atoms. The lowest BCUT2D eigenvalue weighted by molar-refractivity contribution is -0.174. The first-order chi connectivity index (χ1) is 17.5. The summed E-state index contributed by atoms with van der Waals surface area (Å²) in [6.45, 7) is -2.16. The van der Waals surface area contributed by atoms with Gasteiger partial charge in [-0.3, -0.25) is 4.79 Å². The average Bonchev–Trinajstić information content (AvgIpc) is 2.83. The molecule has 0 saturated heterocycles. The number of hydrogen-bond acceptors (Lipinski definition) is 6. The Morgan fingerprint density at radius 1 is 0.842 bits per heavy atom. The van der Waals surface area contributed by atoms with E-state index in [9.17, 15) is 48.0 Å². The smallest absolute Gasteiger partial charge is 0.435 e. The minimum atomic E-state index is -5.14. The van der Waals surface area contributed by atoms with Crippen LogP contribution < -0.4 is 10.1 Å². The maximum atomic E-state index is 14.3. The fraction of sp³-hybridized carbons (Fsp3) is 0.174. The van der Waals surface area contributed by atoms with Crippen LogP contribution in [0.2, 0.25) is 0 Å². The Hall–Kier alpha value is -3.59. The molecule has 0 aliphatic rings. The number of rotatable bonds is 8. The predicted molar refractivity (Wildman–Crippen MR) is 119 cm³/mol. The monoisotopic (exact) mass is 581 g/mol. The Bertz CT molecular complexity index is 1560. The third kappa shape index (κ3) is 6.10. The van der Waals surface area contributed by atoms with Gasteiger partial charge in [-0.05, 0) is 48.9 Å². The number of halogens is 6. The Kier molecular flexibility index (Phi) is 8.12. The van der Waals surface area contributed by atoms with Crippen molar-refractivity contribution in [3.8, 4) is 5.75 Å². The van der Waals surface area contributed by atoms with Crippen LogP contribution in [0.4, 0.5) is 26.3 Å². The molecule has 0 bridgehead atoms. The van der Waals surface area contributed by atoms with Gasteiger partial charge in [0.25, 0.3) is 0 Å². The quantitative estimate of drug-likeness (QED) is 0.382. The zero-order valence-corrected chi connectivity index (χ0v) is 20.7. The van der Waals surface area contributed by atoms with E-state index in [1.54, 1.807) is 5.32 Å². The Morgan fingerprint density at radius 2 is 1.45 bits per heavy atom. The molecule has 3 aromatic rings. The largest absolute Gasteiger partial charge is 0.471 e. The van der Waals surface area contributed by atoms with Crippen LogP contribution in [0.15, 0.2) is 86.3 Å². The molecule has 0 aliphatic carbocycles. The summed E-state index contributed by atoms with van der Waals surface area (Å²) >= 11 is 0. The zero-order chi connectivity index (χ0) is 28.5. The first kappa shape index (κ1) is 29.0. The first-order valence-corrected chi connectivity index (χ1v) is 13.3.